The van der Waals surface area contributed by atoms with E-state index >= 15 is 0 Å². The number of nitrogens with one attached hydrogen (secondary N) is 1. The summed E-state index contributed by atoms with van der Waals surface area (Å²) in [7, 11) is 2.75. The maximum absolute atomic E-state index is 14.3. The van der Waals surface area contributed by atoms with Crippen molar-refractivity contribution in [1.82, 2.24) is 5.43 Å². The van der Waals surface area contributed by atoms with E-state index < -0.39 is 17.7 Å². The summed E-state index contributed by atoms with van der Waals surface area (Å²) < 4.78 is 37.9. The number of rotatable bonds is 5. The monoisotopic (exact) mass is 294 g/mol. The van der Waals surface area contributed by atoms with Gasteiger partial charge in [0, 0.05) is 5.56 Å². The topological polar surface area (TPSA) is 56.5 Å². The molecule has 2 aromatic rings. The summed E-state index contributed by atoms with van der Waals surface area (Å²) in [6.07, 6.45) is 0. The van der Waals surface area contributed by atoms with Crippen LogP contribution in [0.2, 0.25) is 0 Å². The van der Waals surface area contributed by atoms with Crippen LogP contribution in [0, 0.1) is 11.6 Å². The summed E-state index contributed by atoms with van der Waals surface area (Å²) in [5.74, 6) is 4.63. The number of hydrogen-bond donors (Lipinski definition) is 2. The molecule has 0 aliphatic rings. The van der Waals surface area contributed by atoms with E-state index in [4.69, 9.17) is 15.3 Å². The first-order valence-corrected chi connectivity index (χ1v) is 6.24. The predicted molar refractivity (Wildman–Crippen MR) is 75.1 cm³/mol. The molecule has 0 aromatic heterocycles. The van der Waals surface area contributed by atoms with E-state index in [0.29, 0.717) is 5.56 Å². The van der Waals surface area contributed by atoms with Gasteiger partial charge < -0.3 is 9.47 Å². The summed E-state index contributed by atoms with van der Waals surface area (Å²) >= 11 is 0. The van der Waals surface area contributed by atoms with Crippen molar-refractivity contribution in [2.45, 2.75) is 6.04 Å². The number of nitrogens with two attached hydrogens (primary N) is 1. The first-order valence-electron chi connectivity index (χ1n) is 6.24. The molecule has 3 N–H and O–H groups in total. The Hall–Kier alpha value is -2.18. The highest BCUT2D eigenvalue weighted by atomic mass is 19.1. The molecule has 6 heteroatoms. The average Bonchev–Trinajstić information content (AvgIpc) is 2.50. The smallest absolute Gasteiger partial charge is 0.170 e. The molecule has 0 aliphatic carbocycles. The van der Waals surface area contributed by atoms with Gasteiger partial charge in [0.25, 0.3) is 0 Å². The van der Waals surface area contributed by atoms with Crippen molar-refractivity contribution in [3.05, 3.63) is 59.2 Å². The number of hydrogen-bond acceptors (Lipinski definition) is 4. The Morgan fingerprint density at radius 2 is 1.76 bits per heavy atom. The van der Waals surface area contributed by atoms with Crippen molar-refractivity contribution in [3.63, 3.8) is 0 Å². The lowest BCUT2D eigenvalue weighted by Gasteiger charge is -2.19. The molecular weight excluding hydrogens is 278 g/mol. The highest BCUT2D eigenvalue weighted by molar-refractivity contribution is 5.40. The predicted octanol–water partition coefficient (Wildman–Crippen LogP) is 2.53. The fourth-order valence-corrected chi connectivity index (χ4v) is 2.14. The maximum atomic E-state index is 14.3. The molecule has 0 radical (unpaired) electrons. The first kappa shape index (κ1) is 15.2. The lowest BCUT2D eigenvalue weighted by Crippen LogP contribution is -2.29. The van der Waals surface area contributed by atoms with E-state index in [2.05, 4.69) is 5.43 Å². The van der Waals surface area contributed by atoms with Crippen molar-refractivity contribution in [1.29, 1.82) is 0 Å². The van der Waals surface area contributed by atoms with Crippen molar-refractivity contribution in [2.24, 2.45) is 5.84 Å². The van der Waals surface area contributed by atoms with Gasteiger partial charge in [-0.1, -0.05) is 18.2 Å². The van der Waals surface area contributed by atoms with Crippen LogP contribution in [0.25, 0.3) is 0 Å². The Morgan fingerprint density at radius 1 is 1.05 bits per heavy atom. The molecule has 0 saturated heterocycles. The van der Waals surface area contributed by atoms with E-state index in [1.807, 2.05) is 0 Å². The zero-order chi connectivity index (χ0) is 15.4. The second kappa shape index (κ2) is 6.51. The van der Waals surface area contributed by atoms with Crippen LogP contribution in [0.5, 0.6) is 11.5 Å². The van der Waals surface area contributed by atoms with Gasteiger partial charge in [-0.15, -0.1) is 0 Å². The van der Waals surface area contributed by atoms with E-state index in [0.717, 1.165) is 0 Å². The summed E-state index contributed by atoms with van der Waals surface area (Å²) in [5.41, 5.74) is 3.23. The van der Waals surface area contributed by atoms with Crippen LogP contribution in [-0.4, -0.2) is 14.2 Å². The van der Waals surface area contributed by atoms with Gasteiger partial charge >= 0.3 is 0 Å². The second-order valence-corrected chi connectivity index (χ2v) is 4.36. The SMILES string of the molecule is COc1ccc(C(NN)c2cccc(OC)c2F)cc1F. The molecule has 0 heterocycles. The minimum atomic E-state index is -0.708. The molecular formula is C15H16F2N2O2. The Labute approximate surface area is 121 Å². The van der Waals surface area contributed by atoms with Crippen LogP contribution < -0.4 is 20.7 Å². The van der Waals surface area contributed by atoms with Crippen LogP contribution in [0.15, 0.2) is 36.4 Å². The lowest BCUT2D eigenvalue weighted by atomic mass is 9.98. The molecule has 0 spiro atoms. The highest BCUT2D eigenvalue weighted by Crippen LogP contribution is 2.30. The maximum Gasteiger partial charge on any atom is 0.170 e. The third kappa shape index (κ3) is 2.96. The van der Waals surface area contributed by atoms with Crippen molar-refractivity contribution in [2.75, 3.05) is 14.2 Å². The molecule has 1 atom stereocenters. The summed E-state index contributed by atoms with van der Waals surface area (Å²) in [4.78, 5) is 0. The first-order chi connectivity index (χ1) is 10.1. The van der Waals surface area contributed by atoms with Crippen molar-refractivity contribution in [3.8, 4) is 11.5 Å². The summed E-state index contributed by atoms with van der Waals surface area (Å²) in [6, 6.07) is 8.33. The van der Waals surface area contributed by atoms with Gasteiger partial charge in [0.15, 0.2) is 23.1 Å². The van der Waals surface area contributed by atoms with E-state index in [1.54, 1.807) is 18.2 Å². The van der Waals surface area contributed by atoms with Crippen LogP contribution in [0.4, 0.5) is 8.78 Å². The Kier molecular flexibility index (Phi) is 4.72. The highest BCUT2D eigenvalue weighted by Gasteiger charge is 2.20. The molecule has 0 bridgehead atoms. The fraction of sp³-hybridized carbons (Fsp3) is 0.200. The zero-order valence-corrected chi connectivity index (χ0v) is 11.7. The van der Waals surface area contributed by atoms with Gasteiger partial charge in [-0.05, 0) is 23.8 Å². The normalized spacial score (nSPS) is 12.0. The van der Waals surface area contributed by atoms with Gasteiger partial charge in [-0.25, -0.2) is 14.2 Å². The summed E-state index contributed by atoms with van der Waals surface area (Å²) in [6.45, 7) is 0. The molecule has 21 heavy (non-hydrogen) atoms. The molecule has 0 amide bonds. The summed E-state index contributed by atoms with van der Waals surface area (Å²) in [5, 5.41) is 0. The largest absolute Gasteiger partial charge is 0.494 e. The number of halogens is 2. The second-order valence-electron chi connectivity index (χ2n) is 4.36. The van der Waals surface area contributed by atoms with Gasteiger partial charge in [0.1, 0.15) is 0 Å². The average molecular weight is 294 g/mol. The van der Waals surface area contributed by atoms with E-state index in [9.17, 15) is 8.78 Å². The Bertz CT molecular complexity index is 635. The minimum absolute atomic E-state index is 0.0988. The van der Waals surface area contributed by atoms with E-state index in [-0.39, 0.29) is 17.1 Å². The molecule has 0 saturated carbocycles. The van der Waals surface area contributed by atoms with Gasteiger partial charge in [-0.2, -0.15) is 0 Å². The lowest BCUT2D eigenvalue weighted by molar-refractivity contribution is 0.380. The van der Waals surface area contributed by atoms with Gasteiger partial charge in [-0.3, -0.25) is 5.84 Å². The van der Waals surface area contributed by atoms with Crippen molar-refractivity contribution < 1.29 is 18.3 Å². The number of ether oxygens (including phenoxy) is 2. The molecule has 4 nitrogen and oxygen atoms in total. The number of benzene rings is 2. The fourth-order valence-electron chi connectivity index (χ4n) is 2.14. The minimum Gasteiger partial charge on any atom is -0.494 e. The molecule has 0 aliphatic heterocycles. The third-order valence-electron chi connectivity index (χ3n) is 3.20. The van der Waals surface area contributed by atoms with Gasteiger partial charge in [0.2, 0.25) is 0 Å². The molecule has 0 fully saturated rings. The van der Waals surface area contributed by atoms with Gasteiger partial charge in [0.05, 0.1) is 20.3 Å². The standard InChI is InChI=1S/C15H16F2N2O2/c1-20-12-7-6-9(8-11(12)16)15(19-18)10-4-3-5-13(21-2)14(10)17/h3-8,15,19H,18H2,1-2H3. The van der Waals surface area contributed by atoms with Crippen LogP contribution in [0.1, 0.15) is 17.2 Å². The number of methoxy groups -OCH3 is 2. The van der Waals surface area contributed by atoms with Crippen LogP contribution in [-0.2, 0) is 0 Å². The number of hydrazine groups is 1. The zero-order valence-electron chi connectivity index (χ0n) is 11.7. The Morgan fingerprint density at radius 3 is 2.33 bits per heavy atom. The Balaban J connectivity index is 2.47. The molecule has 1 unspecified atom stereocenters. The van der Waals surface area contributed by atoms with Crippen LogP contribution in [0.3, 0.4) is 0 Å². The van der Waals surface area contributed by atoms with Crippen LogP contribution >= 0.6 is 0 Å². The van der Waals surface area contributed by atoms with E-state index in [1.165, 1.54) is 32.4 Å². The third-order valence-corrected chi connectivity index (χ3v) is 3.20. The quantitative estimate of drug-likeness (QED) is 0.657. The molecule has 2 aromatic carbocycles. The molecule has 2 rings (SSSR count). The molecule has 112 valence electrons. The van der Waals surface area contributed by atoms with Crippen molar-refractivity contribution >= 4 is 0 Å².